The lowest BCUT2D eigenvalue weighted by Crippen LogP contribution is -2.32. The van der Waals surface area contributed by atoms with Crippen molar-refractivity contribution in [3.05, 3.63) is 0 Å². The van der Waals surface area contributed by atoms with Crippen LogP contribution in [0.4, 0.5) is 0 Å². The molecule has 0 fully saturated rings. The molecule has 0 aliphatic heterocycles. The maximum atomic E-state index is 11.2. The summed E-state index contributed by atoms with van der Waals surface area (Å²) in [6.45, 7) is 6.46. The third kappa shape index (κ3) is 5.43. The van der Waals surface area contributed by atoms with Crippen LogP contribution in [0.25, 0.3) is 0 Å². The Morgan fingerprint density at radius 3 is 2.58 bits per heavy atom. The largest absolute Gasteiger partial charge is 0.355 e. The van der Waals surface area contributed by atoms with Crippen LogP contribution < -0.4 is 11.1 Å². The van der Waals surface area contributed by atoms with E-state index >= 15 is 0 Å². The van der Waals surface area contributed by atoms with Gasteiger partial charge in [-0.15, -0.1) is 11.8 Å². The van der Waals surface area contributed by atoms with Crippen molar-refractivity contribution in [1.82, 2.24) is 5.32 Å². The molecule has 3 N–H and O–H groups in total. The molecule has 0 aliphatic rings. The van der Waals surface area contributed by atoms with Gasteiger partial charge in [-0.2, -0.15) is 0 Å². The van der Waals surface area contributed by atoms with Gasteiger partial charge in [0.25, 0.3) is 0 Å². The first-order valence-electron chi connectivity index (χ1n) is 4.22. The minimum Gasteiger partial charge on any atom is -0.355 e. The third-order valence-electron chi connectivity index (χ3n) is 1.33. The van der Waals surface area contributed by atoms with E-state index in [4.69, 9.17) is 5.73 Å². The van der Waals surface area contributed by atoms with Gasteiger partial charge >= 0.3 is 0 Å². The molecule has 0 aromatic carbocycles. The number of nitrogens with one attached hydrogen (secondary N) is 1. The first-order chi connectivity index (χ1) is 5.57. The third-order valence-corrected chi connectivity index (χ3v) is 2.76. The van der Waals surface area contributed by atoms with Crippen molar-refractivity contribution >= 4 is 17.7 Å². The van der Waals surface area contributed by atoms with Crippen LogP contribution in [0.2, 0.25) is 0 Å². The summed E-state index contributed by atoms with van der Waals surface area (Å²) >= 11 is 1.60. The summed E-state index contributed by atoms with van der Waals surface area (Å²) in [5.74, 6) is 0.932. The van der Waals surface area contributed by atoms with Crippen LogP contribution in [0.5, 0.6) is 0 Å². The molecular weight excluding hydrogens is 172 g/mol. The number of rotatable bonds is 5. The zero-order chi connectivity index (χ0) is 9.56. The molecule has 12 heavy (non-hydrogen) atoms. The van der Waals surface area contributed by atoms with Crippen molar-refractivity contribution in [2.24, 2.45) is 5.73 Å². The molecule has 4 heteroatoms. The average Bonchev–Trinajstić information content (AvgIpc) is 2.00. The molecule has 72 valence electrons. The van der Waals surface area contributed by atoms with Crippen LogP contribution >= 0.6 is 11.8 Å². The second-order valence-electron chi connectivity index (χ2n) is 2.85. The summed E-state index contributed by atoms with van der Waals surface area (Å²) in [5, 5.41) is 2.78. The molecule has 0 spiro atoms. The Balaban J connectivity index is 3.56. The van der Waals surface area contributed by atoms with Crippen molar-refractivity contribution in [2.45, 2.75) is 32.1 Å². The van der Waals surface area contributed by atoms with Gasteiger partial charge in [-0.1, -0.05) is 0 Å². The van der Waals surface area contributed by atoms with E-state index in [0.29, 0.717) is 6.54 Å². The van der Waals surface area contributed by atoms with Crippen LogP contribution in [0.15, 0.2) is 0 Å². The molecule has 3 nitrogen and oxygen atoms in total. The van der Waals surface area contributed by atoms with Crippen LogP contribution in [0, 0.1) is 0 Å². The lowest BCUT2D eigenvalue weighted by molar-refractivity contribution is -0.120. The number of thioether (sulfide) groups is 1. The zero-order valence-electron chi connectivity index (χ0n) is 7.96. The lowest BCUT2D eigenvalue weighted by Gasteiger charge is -2.11. The second-order valence-corrected chi connectivity index (χ2v) is 4.22. The predicted octanol–water partition coefficient (Wildman–Crippen LogP) is 0.591. The SMILES string of the molecule is CCNC(=O)C(C)SCC(C)N. The molecule has 0 rings (SSSR count). The summed E-state index contributed by atoms with van der Waals surface area (Å²) in [6, 6.07) is 0.159. The van der Waals surface area contributed by atoms with Gasteiger partial charge < -0.3 is 11.1 Å². The van der Waals surface area contributed by atoms with Gasteiger partial charge in [0.1, 0.15) is 0 Å². The molecule has 0 heterocycles. The highest BCUT2D eigenvalue weighted by molar-refractivity contribution is 8.00. The van der Waals surface area contributed by atoms with Gasteiger partial charge in [-0.3, -0.25) is 4.79 Å². The van der Waals surface area contributed by atoms with Crippen LogP contribution in [-0.4, -0.2) is 29.5 Å². The molecule has 2 unspecified atom stereocenters. The molecule has 0 radical (unpaired) electrons. The Morgan fingerprint density at radius 1 is 1.58 bits per heavy atom. The van der Waals surface area contributed by atoms with Crippen molar-refractivity contribution in [2.75, 3.05) is 12.3 Å². The molecule has 0 aromatic heterocycles. The predicted molar refractivity (Wildman–Crippen MR) is 54.3 cm³/mol. The monoisotopic (exact) mass is 190 g/mol. The van der Waals surface area contributed by atoms with E-state index in [1.807, 2.05) is 20.8 Å². The summed E-state index contributed by atoms with van der Waals surface area (Å²) < 4.78 is 0. The van der Waals surface area contributed by atoms with E-state index in [-0.39, 0.29) is 17.2 Å². The van der Waals surface area contributed by atoms with E-state index in [9.17, 15) is 4.79 Å². The van der Waals surface area contributed by atoms with E-state index in [1.165, 1.54) is 0 Å². The number of amides is 1. The Hall–Kier alpha value is -0.220. The molecular formula is C8H18N2OS. The summed E-state index contributed by atoms with van der Waals surface area (Å²) in [4.78, 5) is 11.2. The fourth-order valence-corrected chi connectivity index (χ4v) is 1.52. The Bertz CT molecular complexity index is 139. The molecule has 2 atom stereocenters. The highest BCUT2D eigenvalue weighted by atomic mass is 32.2. The van der Waals surface area contributed by atoms with Gasteiger partial charge in [0.15, 0.2) is 0 Å². The number of carbonyl (C=O) groups excluding carboxylic acids is 1. The lowest BCUT2D eigenvalue weighted by atomic mass is 10.4. The summed E-state index contributed by atoms with van der Waals surface area (Å²) in [6.07, 6.45) is 0. The number of hydrogen-bond donors (Lipinski definition) is 2. The van der Waals surface area contributed by atoms with Gasteiger partial charge in [0.05, 0.1) is 5.25 Å². The van der Waals surface area contributed by atoms with Gasteiger partial charge in [-0.25, -0.2) is 0 Å². The summed E-state index contributed by atoms with van der Waals surface area (Å²) in [5.41, 5.74) is 5.56. The van der Waals surface area contributed by atoms with Crippen LogP contribution in [0.3, 0.4) is 0 Å². The standard InChI is InChI=1S/C8H18N2OS/c1-4-10-8(11)7(3)12-5-6(2)9/h6-7H,4-5,9H2,1-3H3,(H,10,11). The molecule has 0 bridgehead atoms. The van der Waals surface area contributed by atoms with Gasteiger partial charge in [0.2, 0.25) is 5.91 Å². The Morgan fingerprint density at radius 2 is 2.17 bits per heavy atom. The second kappa shape index (κ2) is 6.31. The summed E-state index contributed by atoms with van der Waals surface area (Å²) in [7, 11) is 0. The van der Waals surface area contributed by atoms with Crippen molar-refractivity contribution in [3.63, 3.8) is 0 Å². The average molecular weight is 190 g/mol. The smallest absolute Gasteiger partial charge is 0.232 e. The Kier molecular flexibility index (Phi) is 6.20. The highest BCUT2D eigenvalue weighted by Gasteiger charge is 2.12. The van der Waals surface area contributed by atoms with Crippen molar-refractivity contribution < 1.29 is 4.79 Å². The van der Waals surface area contributed by atoms with Crippen molar-refractivity contribution in [3.8, 4) is 0 Å². The molecule has 1 amide bonds. The normalized spacial score (nSPS) is 15.3. The van der Waals surface area contributed by atoms with E-state index in [0.717, 1.165) is 5.75 Å². The van der Waals surface area contributed by atoms with E-state index in [1.54, 1.807) is 11.8 Å². The minimum atomic E-state index is 0.0101. The quantitative estimate of drug-likeness (QED) is 0.667. The zero-order valence-corrected chi connectivity index (χ0v) is 8.78. The van der Waals surface area contributed by atoms with E-state index < -0.39 is 0 Å². The first-order valence-corrected chi connectivity index (χ1v) is 5.27. The topological polar surface area (TPSA) is 55.1 Å². The van der Waals surface area contributed by atoms with Gasteiger partial charge in [0, 0.05) is 18.3 Å². The fourth-order valence-electron chi connectivity index (χ4n) is 0.690. The molecule has 0 saturated carbocycles. The first kappa shape index (κ1) is 11.8. The van der Waals surface area contributed by atoms with Crippen LogP contribution in [-0.2, 0) is 4.79 Å². The number of carbonyl (C=O) groups is 1. The highest BCUT2D eigenvalue weighted by Crippen LogP contribution is 2.10. The molecule has 0 saturated heterocycles. The van der Waals surface area contributed by atoms with Crippen LogP contribution in [0.1, 0.15) is 20.8 Å². The molecule has 0 aromatic rings. The number of nitrogens with two attached hydrogens (primary N) is 1. The van der Waals surface area contributed by atoms with Crippen molar-refractivity contribution in [1.29, 1.82) is 0 Å². The Labute approximate surface area is 78.5 Å². The number of hydrogen-bond acceptors (Lipinski definition) is 3. The maximum absolute atomic E-state index is 11.2. The van der Waals surface area contributed by atoms with E-state index in [2.05, 4.69) is 5.32 Å². The van der Waals surface area contributed by atoms with Gasteiger partial charge in [-0.05, 0) is 20.8 Å². The molecule has 0 aliphatic carbocycles. The minimum absolute atomic E-state index is 0.0101. The fraction of sp³-hybridized carbons (Fsp3) is 0.875. The maximum Gasteiger partial charge on any atom is 0.232 e.